The molecule has 1 amide bonds. The van der Waals surface area contributed by atoms with Crippen LogP contribution in [0.3, 0.4) is 0 Å². The predicted molar refractivity (Wildman–Crippen MR) is 99.3 cm³/mol. The smallest absolute Gasteiger partial charge is 0.234 e. The largest absolute Gasteiger partial charge is 0.392 e. The third-order valence-corrected chi connectivity index (χ3v) is 5.20. The van der Waals surface area contributed by atoms with Crippen LogP contribution < -0.4 is 5.32 Å². The molecule has 2 fully saturated rings. The third-order valence-electron chi connectivity index (χ3n) is 5.20. The van der Waals surface area contributed by atoms with E-state index in [-0.39, 0.29) is 18.1 Å². The van der Waals surface area contributed by atoms with Crippen molar-refractivity contribution in [2.24, 2.45) is 5.92 Å². The van der Waals surface area contributed by atoms with Crippen LogP contribution in [0.5, 0.6) is 0 Å². The molecule has 1 aliphatic heterocycles. The van der Waals surface area contributed by atoms with E-state index in [4.69, 9.17) is 0 Å². The van der Waals surface area contributed by atoms with Gasteiger partial charge in [0.2, 0.25) is 5.91 Å². The molecule has 0 bridgehead atoms. The van der Waals surface area contributed by atoms with Crippen LogP contribution in [0.25, 0.3) is 0 Å². The molecule has 25 heavy (non-hydrogen) atoms. The number of piperazine rings is 1. The van der Waals surface area contributed by atoms with Crippen LogP contribution in [0.15, 0.2) is 24.3 Å². The highest BCUT2D eigenvalue weighted by Crippen LogP contribution is 2.41. The highest BCUT2D eigenvalue weighted by Gasteiger charge is 2.33. The highest BCUT2D eigenvalue weighted by molar-refractivity contribution is 5.78. The Balaban J connectivity index is 1.49. The Morgan fingerprint density at radius 2 is 1.76 bits per heavy atom. The first-order valence-electron chi connectivity index (χ1n) is 9.50. The maximum absolute atomic E-state index is 12.5. The number of aliphatic hydroxyl groups is 1. The van der Waals surface area contributed by atoms with E-state index in [1.54, 1.807) is 0 Å². The molecule has 3 rings (SSSR count). The fourth-order valence-corrected chi connectivity index (χ4v) is 3.60. The van der Waals surface area contributed by atoms with E-state index in [9.17, 15) is 9.90 Å². The Hall–Kier alpha value is -1.43. The van der Waals surface area contributed by atoms with E-state index < -0.39 is 0 Å². The summed E-state index contributed by atoms with van der Waals surface area (Å²) in [5.41, 5.74) is 2.47. The van der Waals surface area contributed by atoms with Crippen LogP contribution in [0.2, 0.25) is 0 Å². The molecule has 0 radical (unpaired) electrons. The Kier molecular flexibility index (Phi) is 6.10. The lowest BCUT2D eigenvalue weighted by atomic mass is 10.0. The van der Waals surface area contributed by atoms with Gasteiger partial charge in [-0.1, -0.05) is 29.8 Å². The number of nitrogens with zero attached hydrogens (tertiary/aromatic N) is 2. The van der Waals surface area contributed by atoms with E-state index >= 15 is 0 Å². The number of carbonyl (C=O) groups excluding carboxylic acids is 1. The number of aliphatic hydroxyl groups excluding tert-OH is 1. The van der Waals surface area contributed by atoms with Crippen LogP contribution in [0.4, 0.5) is 0 Å². The first-order chi connectivity index (χ1) is 12.0. The zero-order valence-electron chi connectivity index (χ0n) is 15.4. The number of amides is 1. The molecule has 2 unspecified atom stereocenters. The molecule has 1 saturated carbocycles. The Morgan fingerprint density at radius 3 is 2.32 bits per heavy atom. The second-order valence-electron chi connectivity index (χ2n) is 7.72. The number of carbonyl (C=O) groups is 1. The predicted octanol–water partition coefficient (Wildman–Crippen LogP) is 1.56. The minimum Gasteiger partial charge on any atom is -0.392 e. The van der Waals surface area contributed by atoms with Crippen molar-refractivity contribution in [2.45, 2.75) is 38.8 Å². The van der Waals surface area contributed by atoms with E-state index in [1.807, 2.05) is 6.92 Å². The van der Waals surface area contributed by atoms with Gasteiger partial charge in [-0.2, -0.15) is 0 Å². The van der Waals surface area contributed by atoms with E-state index in [1.165, 1.54) is 24.0 Å². The van der Waals surface area contributed by atoms with Gasteiger partial charge in [0.1, 0.15) is 0 Å². The van der Waals surface area contributed by atoms with Crippen molar-refractivity contribution >= 4 is 5.91 Å². The lowest BCUT2D eigenvalue weighted by molar-refractivity contribution is -0.123. The Labute approximate surface area is 151 Å². The summed E-state index contributed by atoms with van der Waals surface area (Å²) in [6, 6.07) is 8.70. The fourth-order valence-electron chi connectivity index (χ4n) is 3.60. The van der Waals surface area contributed by atoms with Gasteiger partial charge in [0.25, 0.3) is 0 Å². The van der Waals surface area contributed by atoms with Gasteiger partial charge in [-0.15, -0.1) is 0 Å². The topological polar surface area (TPSA) is 55.8 Å². The summed E-state index contributed by atoms with van der Waals surface area (Å²) >= 11 is 0. The maximum Gasteiger partial charge on any atom is 0.234 e. The average Bonchev–Trinajstić information content (AvgIpc) is 3.40. The molecule has 0 aromatic heterocycles. The molecule has 5 heteroatoms. The molecule has 2 N–H and O–H groups in total. The van der Waals surface area contributed by atoms with Crippen LogP contribution in [-0.2, 0) is 4.79 Å². The van der Waals surface area contributed by atoms with Crippen molar-refractivity contribution in [2.75, 3.05) is 39.3 Å². The quantitative estimate of drug-likeness (QED) is 0.787. The van der Waals surface area contributed by atoms with Gasteiger partial charge >= 0.3 is 0 Å². The van der Waals surface area contributed by atoms with Crippen molar-refractivity contribution in [1.82, 2.24) is 15.1 Å². The molecule has 2 aliphatic rings. The molecular weight excluding hydrogens is 314 g/mol. The van der Waals surface area contributed by atoms with Gasteiger partial charge < -0.3 is 10.4 Å². The maximum atomic E-state index is 12.5. The second-order valence-corrected chi connectivity index (χ2v) is 7.72. The minimum absolute atomic E-state index is 0.126. The van der Waals surface area contributed by atoms with Crippen LogP contribution in [0, 0.1) is 12.8 Å². The summed E-state index contributed by atoms with van der Waals surface area (Å²) in [5, 5.41) is 12.8. The normalized spacial score (nSPS) is 21.7. The molecule has 0 spiro atoms. The molecule has 1 aromatic rings. The van der Waals surface area contributed by atoms with Gasteiger partial charge in [-0.25, -0.2) is 0 Å². The number of rotatable bonds is 7. The average molecular weight is 345 g/mol. The summed E-state index contributed by atoms with van der Waals surface area (Å²) in [5.74, 6) is 0.719. The Morgan fingerprint density at radius 1 is 1.16 bits per heavy atom. The zero-order chi connectivity index (χ0) is 17.8. The summed E-state index contributed by atoms with van der Waals surface area (Å²) < 4.78 is 0. The molecule has 2 atom stereocenters. The number of β-amino-alcohol motifs (C(OH)–C–C–N with tert-alkyl or cyclic N) is 1. The summed E-state index contributed by atoms with van der Waals surface area (Å²) in [7, 11) is 0. The number of nitrogens with one attached hydrogen (secondary N) is 1. The second kappa shape index (κ2) is 8.30. The van der Waals surface area contributed by atoms with Crippen molar-refractivity contribution in [3.63, 3.8) is 0 Å². The van der Waals surface area contributed by atoms with Gasteiger partial charge in [0, 0.05) is 32.7 Å². The fraction of sp³-hybridized carbons (Fsp3) is 0.650. The molecule has 1 saturated heterocycles. The molecule has 1 aliphatic carbocycles. The lowest BCUT2D eigenvalue weighted by Crippen LogP contribution is -2.51. The molecular formula is C20H31N3O2. The van der Waals surface area contributed by atoms with Crippen LogP contribution in [0.1, 0.15) is 36.9 Å². The summed E-state index contributed by atoms with van der Waals surface area (Å²) in [6.07, 6.45) is 2.12. The molecule has 1 aromatic carbocycles. The van der Waals surface area contributed by atoms with Crippen molar-refractivity contribution in [3.8, 4) is 0 Å². The summed E-state index contributed by atoms with van der Waals surface area (Å²) in [4.78, 5) is 17.0. The minimum atomic E-state index is -0.288. The van der Waals surface area contributed by atoms with Crippen molar-refractivity contribution in [1.29, 1.82) is 0 Å². The number of hydrogen-bond donors (Lipinski definition) is 2. The highest BCUT2D eigenvalue weighted by atomic mass is 16.3. The molecule has 138 valence electrons. The third kappa shape index (κ3) is 5.53. The van der Waals surface area contributed by atoms with E-state index in [0.29, 0.717) is 12.5 Å². The number of aryl methyl sites for hydroxylation is 1. The SMILES string of the molecule is Cc1ccc(C(NC(=O)CN2CCN(CC(C)O)CC2)C2CC2)cc1. The molecule has 1 heterocycles. The van der Waals surface area contributed by atoms with Crippen LogP contribution >= 0.6 is 0 Å². The monoisotopic (exact) mass is 345 g/mol. The standard InChI is InChI=1S/C20H31N3O2/c1-15-3-5-17(6-4-15)20(18-7-8-18)21-19(25)14-23-11-9-22(10-12-23)13-16(2)24/h3-6,16,18,20,24H,7-14H2,1-2H3,(H,21,25). The number of hydrogen-bond acceptors (Lipinski definition) is 4. The van der Waals surface area contributed by atoms with Gasteiger partial charge in [-0.05, 0) is 38.2 Å². The van der Waals surface area contributed by atoms with Crippen molar-refractivity contribution < 1.29 is 9.90 Å². The zero-order valence-corrected chi connectivity index (χ0v) is 15.4. The first-order valence-corrected chi connectivity index (χ1v) is 9.50. The van der Waals surface area contributed by atoms with Gasteiger partial charge in [0.15, 0.2) is 0 Å². The van der Waals surface area contributed by atoms with Crippen molar-refractivity contribution in [3.05, 3.63) is 35.4 Å². The van der Waals surface area contributed by atoms with Crippen LogP contribution in [-0.4, -0.2) is 66.2 Å². The van der Waals surface area contributed by atoms with Gasteiger partial charge in [-0.3, -0.25) is 14.6 Å². The Bertz CT molecular complexity index is 561. The van der Waals surface area contributed by atoms with E-state index in [2.05, 4.69) is 46.3 Å². The number of benzene rings is 1. The lowest BCUT2D eigenvalue weighted by Gasteiger charge is -2.35. The summed E-state index contributed by atoms with van der Waals surface area (Å²) in [6.45, 7) is 8.71. The molecule has 5 nitrogen and oxygen atoms in total. The first kappa shape index (κ1) is 18.4. The van der Waals surface area contributed by atoms with Gasteiger partial charge in [0.05, 0.1) is 18.7 Å². The van der Waals surface area contributed by atoms with E-state index in [0.717, 1.165) is 32.7 Å².